The smallest absolute Gasteiger partial charge is 0.178 e. The van der Waals surface area contributed by atoms with Gasteiger partial charge in [-0.3, -0.25) is 0 Å². The first-order valence-corrected chi connectivity index (χ1v) is 5.53. The van der Waals surface area contributed by atoms with Gasteiger partial charge in [0.15, 0.2) is 4.73 Å². The molecule has 80 valence electrons. The molecule has 0 unspecified atom stereocenters. The molecule has 0 fully saturated rings. The van der Waals surface area contributed by atoms with Gasteiger partial charge in [0.2, 0.25) is 0 Å². The van der Waals surface area contributed by atoms with Crippen molar-refractivity contribution in [3.63, 3.8) is 0 Å². The first-order chi connectivity index (χ1) is 6.89. The number of hydrogen-bond acceptors (Lipinski definition) is 1. The monoisotopic (exact) mass is 270 g/mol. The van der Waals surface area contributed by atoms with Gasteiger partial charge in [0.25, 0.3) is 0 Å². The van der Waals surface area contributed by atoms with Gasteiger partial charge in [0, 0.05) is 11.6 Å². The Hall–Kier alpha value is -0.900. The van der Waals surface area contributed by atoms with Crippen molar-refractivity contribution in [2.24, 2.45) is 0 Å². The fourth-order valence-electron chi connectivity index (χ4n) is 1.66. The molecule has 0 aliphatic heterocycles. The standard InChI is InChI=1S/C11H12BrFN2/c1-11(2,3)15-9-5-4-7(13)6-8(9)14-10(15)12/h4-6H,1-3H3. The molecule has 0 saturated heterocycles. The maximum Gasteiger partial charge on any atom is 0.178 e. The van der Waals surface area contributed by atoms with Crippen molar-refractivity contribution in [3.8, 4) is 0 Å². The molecule has 0 radical (unpaired) electrons. The maximum absolute atomic E-state index is 13.0. The van der Waals surface area contributed by atoms with Crippen LogP contribution in [0, 0.1) is 5.82 Å². The van der Waals surface area contributed by atoms with Crippen molar-refractivity contribution in [1.29, 1.82) is 0 Å². The number of nitrogens with zero attached hydrogens (tertiary/aromatic N) is 2. The molecule has 0 aliphatic rings. The summed E-state index contributed by atoms with van der Waals surface area (Å²) in [4.78, 5) is 4.28. The third-order valence-corrected chi connectivity index (χ3v) is 2.78. The van der Waals surface area contributed by atoms with Crippen LogP contribution in [-0.4, -0.2) is 9.55 Å². The van der Waals surface area contributed by atoms with Crippen molar-refractivity contribution in [1.82, 2.24) is 9.55 Å². The Morgan fingerprint density at radius 2 is 2.00 bits per heavy atom. The van der Waals surface area contributed by atoms with Gasteiger partial charge in [-0.15, -0.1) is 0 Å². The summed E-state index contributed by atoms with van der Waals surface area (Å²) < 4.78 is 15.8. The Bertz CT molecular complexity index is 511. The minimum Gasteiger partial charge on any atom is -0.313 e. The Labute approximate surface area is 96.2 Å². The molecule has 15 heavy (non-hydrogen) atoms. The zero-order valence-electron chi connectivity index (χ0n) is 8.88. The summed E-state index contributed by atoms with van der Waals surface area (Å²) in [5, 5.41) is 0. The number of halogens is 2. The molecule has 2 nitrogen and oxygen atoms in total. The number of fused-ring (bicyclic) bond motifs is 1. The molecular weight excluding hydrogens is 259 g/mol. The zero-order valence-corrected chi connectivity index (χ0v) is 10.5. The van der Waals surface area contributed by atoms with Crippen LogP contribution in [0.1, 0.15) is 20.8 Å². The van der Waals surface area contributed by atoms with E-state index in [9.17, 15) is 4.39 Å². The van der Waals surface area contributed by atoms with Crippen LogP contribution in [0.25, 0.3) is 11.0 Å². The molecule has 0 spiro atoms. The summed E-state index contributed by atoms with van der Waals surface area (Å²) >= 11 is 3.40. The first-order valence-electron chi connectivity index (χ1n) is 4.73. The van der Waals surface area contributed by atoms with E-state index in [0.29, 0.717) is 5.52 Å². The molecule has 0 saturated carbocycles. The van der Waals surface area contributed by atoms with Gasteiger partial charge in [0.1, 0.15) is 5.82 Å². The van der Waals surface area contributed by atoms with Crippen LogP contribution < -0.4 is 0 Å². The normalized spacial score (nSPS) is 12.3. The fourth-order valence-corrected chi connectivity index (χ4v) is 2.58. The van der Waals surface area contributed by atoms with E-state index >= 15 is 0 Å². The van der Waals surface area contributed by atoms with Gasteiger partial charge in [-0.2, -0.15) is 0 Å². The van der Waals surface area contributed by atoms with Gasteiger partial charge >= 0.3 is 0 Å². The predicted molar refractivity (Wildman–Crippen MR) is 62.4 cm³/mol. The highest BCUT2D eigenvalue weighted by Gasteiger charge is 2.20. The van der Waals surface area contributed by atoms with E-state index in [1.807, 2.05) is 4.57 Å². The molecule has 1 heterocycles. The molecule has 2 rings (SSSR count). The van der Waals surface area contributed by atoms with Crippen molar-refractivity contribution in [2.75, 3.05) is 0 Å². The van der Waals surface area contributed by atoms with Gasteiger partial charge < -0.3 is 4.57 Å². The van der Waals surface area contributed by atoms with Gasteiger partial charge in [-0.05, 0) is 48.8 Å². The number of aromatic nitrogens is 2. The lowest BCUT2D eigenvalue weighted by Crippen LogP contribution is -2.21. The largest absolute Gasteiger partial charge is 0.313 e. The van der Waals surface area contributed by atoms with Gasteiger partial charge in [0.05, 0.1) is 11.0 Å². The minimum absolute atomic E-state index is 0.0780. The van der Waals surface area contributed by atoms with E-state index in [2.05, 4.69) is 41.7 Å². The summed E-state index contributed by atoms with van der Waals surface area (Å²) in [6.07, 6.45) is 0. The van der Waals surface area contributed by atoms with E-state index in [1.54, 1.807) is 6.07 Å². The Kier molecular flexibility index (Phi) is 2.34. The number of hydrogen-bond donors (Lipinski definition) is 0. The second-order valence-electron chi connectivity index (χ2n) is 4.52. The second-order valence-corrected chi connectivity index (χ2v) is 5.23. The van der Waals surface area contributed by atoms with E-state index in [4.69, 9.17) is 0 Å². The Balaban J connectivity index is 2.80. The van der Waals surface area contributed by atoms with Crippen LogP contribution in [0.15, 0.2) is 22.9 Å². The molecule has 2 aromatic rings. The first kappa shape index (κ1) is 10.6. The topological polar surface area (TPSA) is 17.8 Å². The summed E-state index contributed by atoms with van der Waals surface area (Å²) in [6.45, 7) is 6.26. The van der Waals surface area contributed by atoms with Crippen LogP contribution in [0.2, 0.25) is 0 Å². The Morgan fingerprint density at radius 1 is 1.33 bits per heavy atom. The lowest BCUT2D eigenvalue weighted by atomic mass is 10.1. The molecular formula is C11H12BrFN2. The average Bonchev–Trinajstić information content (AvgIpc) is 2.38. The number of rotatable bonds is 0. The lowest BCUT2D eigenvalue weighted by Gasteiger charge is -2.22. The highest BCUT2D eigenvalue weighted by Crippen LogP contribution is 2.28. The van der Waals surface area contributed by atoms with Crippen molar-refractivity contribution in [3.05, 3.63) is 28.7 Å². The molecule has 1 aromatic heterocycles. The van der Waals surface area contributed by atoms with Crippen LogP contribution in [0.4, 0.5) is 4.39 Å². The SMILES string of the molecule is CC(C)(C)n1c(Br)nc2cc(F)ccc21. The van der Waals surface area contributed by atoms with E-state index in [-0.39, 0.29) is 11.4 Å². The maximum atomic E-state index is 13.0. The van der Waals surface area contributed by atoms with Gasteiger partial charge in [-0.25, -0.2) is 9.37 Å². The van der Waals surface area contributed by atoms with Crippen molar-refractivity contribution in [2.45, 2.75) is 26.3 Å². The average molecular weight is 271 g/mol. The van der Waals surface area contributed by atoms with E-state index in [1.165, 1.54) is 12.1 Å². The highest BCUT2D eigenvalue weighted by molar-refractivity contribution is 9.10. The predicted octanol–water partition coefficient (Wildman–Crippen LogP) is 3.69. The summed E-state index contributed by atoms with van der Waals surface area (Å²) in [7, 11) is 0. The molecule has 0 N–H and O–H groups in total. The van der Waals surface area contributed by atoms with Crippen LogP contribution in [0.3, 0.4) is 0 Å². The summed E-state index contributed by atoms with van der Waals surface area (Å²) in [6, 6.07) is 4.66. The fraction of sp³-hybridized carbons (Fsp3) is 0.364. The molecule has 0 bridgehead atoms. The van der Waals surface area contributed by atoms with Crippen molar-refractivity contribution < 1.29 is 4.39 Å². The quantitative estimate of drug-likeness (QED) is 0.714. The van der Waals surface area contributed by atoms with Crippen LogP contribution in [0.5, 0.6) is 0 Å². The van der Waals surface area contributed by atoms with Gasteiger partial charge in [-0.1, -0.05) is 0 Å². The van der Waals surface area contributed by atoms with Crippen LogP contribution >= 0.6 is 15.9 Å². The molecule has 4 heteroatoms. The number of imidazole rings is 1. The molecule has 0 amide bonds. The zero-order chi connectivity index (χ0) is 11.2. The summed E-state index contributed by atoms with van der Waals surface area (Å²) in [5.41, 5.74) is 1.54. The summed E-state index contributed by atoms with van der Waals surface area (Å²) in [5.74, 6) is -0.256. The van der Waals surface area contributed by atoms with E-state index in [0.717, 1.165) is 10.3 Å². The second kappa shape index (κ2) is 3.30. The molecule has 1 aromatic carbocycles. The minimum atomic E-state index is -0.256. The third kappa shape index (κ3) is 1.78. The van der Waals surface area contributed by atoms with Crippen molar-refractivity contribution >= 4 is 27.0 Å². The van der Waals surface area contributed by atoms with E-state index < -0.39 is 0 Å². The third-order valence-electron chi connectivity index (χ3n) is 2.25. The Morgan fingerprint density at radius 3 is 2.60 bits per heavy atom. The number of benzene rings is 1. The highest BCUT2D eigenvalue weighted by atomic mass is 79.9. The van der Waals surface area contributed by atoms with Crippen LogP contribution in [-0.2, 0) is 5.54 Å². The molecule has 0 aliphatic carbocycles. The molecule has 0 atom stereocenters. The lowest BCUT2D eigenvalue weighted by molar-refractivity contribution is 0.400.